The van der Waals surface area contributed by atoms with Gasteiger partial charge in [0, 0.05) is 49.4 Å². The summed E-state index contributed by atoms with van der Waals surface area (Å²) in [6, 6.07) is 8.89. The van der Waals surface area contributed by atoms with Crippen LogP contribution in [0.1, 0.15) is 62.1 Å². The molecule has 0 atom stereocenters. The number of aryl methyl sites for hydroxylation is 2. The summed E-state index contributed by atoms with van der Waals surface area (Å²) in [4.78, 5) is 32.1. The van der Waals surface area contributed by atoms with Gasteiger partial charge in [0.25, 0.3) is 5.56 Å². The summed E-state index contributed by atoms with van der Waals surface area (Å²) in [6.07, 6.45) is 4.81. The third kappa shape index (κ3) is 4.69. The zero-order valence-corrected chi connectivity index (χ0v) is 21.4. The van der Waals surface area contributed by atoms with Crippen molar-refractivity contribution < 1.29 is 4.79 Å². The van der Waals surface area contributed by atoms with Gasteiger partial charge >= 0.3 is 0 Å². The number of piperidine rings is 1. The van der Waals surface area contributed by atoms with Crippen LogP contribution in [0.2, 0.25) is 0 Å². The Balaban J connectivity index is 1.65. The van der Waals surface area contributed by atoms with Crippen LogP contribution in [0.25, 0.3) is 22.2 Å². The SMILES string of the molecule is CCc1cc(-c2[nH]c3ccc(C4CCN(CC(=O)N(C)C)CC4)cc3c2C(C)C)cn(C)c1=O. The van der Waals surface area contributed by atoms with E-state index in [4.69, 9.17) is 0 Å². The molecule has 3 heterocycles. The van der Waals surface area contributed by atoms with E-state index in [2.05, 4.69) is 41.9 Å². The number of nitrogens with zero attached hydrogens (tertiary/aromatic N) is 3. The van der Waals surface area contributed by atoms with Crippen molar-refractivity contribution in [2.24, 2.45) is 7.05 Å². The molecule has 0 saturated carbocycles. The Morgan fingerprint density at radius 2 is 1.88 bits per heavy atom. The van der Waals surface area contributed by atoms with Gasteiger partial charge in [-0.2, -0.15) is 0 Å². The standard InChI is InChI=1S/C28H38N4O2/c1-7-19-14-22(16-31(6)28(19)34)27-26(18(2)3)23-15-21(8-9-24(23)29-27)20-10-12-32(13-11-20)17-25(33)30(4)5/h8-9,14-16,18,20,29H,7,10-13,17H2,1-6H3. The molecule has 0 aliphatic carbocycles. The minimum atomic E-state index is 0.0781. The number of aromatic nitrogens is 2. The van der Waals surface area contributed by atoms with Crippen molar-refractivity contribution in [3.8, 4) is 11.3 Å². The van der Waals surface area contributed by atoms with Gasteiger partial charge in [0.15, 0.2) is 0 Å². The van der Waals surface area contributed by atoms with Crippen molar-refractivity contribution >= 4 is 16.8 Å². The van der Waals surface area contributed by atoms with Gasteiger partial charge in [-0.15, -0.1) is 0 Å². The van der Waals surface area contributed by atoms with Gasteiger partial charge < -0.3 is 14.5 Å². The number of benzene rings is 1. The lowest BCUT2D eigenvalue weighted by molar-refractivity contribution is -0.130. The summed E-state index contributed by atoms with van der Waals surface area (Å²) in [5.41, 5.74) is 6.94. The number of likely N-dealkylation sites (N-methyl/N-ethyl adjacent to an activating group) is 1. The monoisotopic (exact) mass is 462 g/mol. The van der Waals surface area contributed by atoms with Gasteiger partial charge in [0.2, 0.25) is 5.91 Å². The lowest BCUT2D eigenvalue weighted by Gasteiger charge is -2.32. The lowest BCUT2D eigenvalue weighted by Crippen LogP contribution is -2.40. The minimum Gasteiger partial charge on any atom is -0.354 e. The first-order chi connectivity index (χ1) is 16.2. The summed E-state index contributed by atoms with van der Waals surface area (Å²) in [6.45, 7) is 8.92. The molecule has 0 unspecified atom stereocenters. The quantitative estimate of drug-likeness (QED) is 0.587. The zero-order chi connectivity index (χ0) is 24.6. The number of carbonyl (C=O) groups excluding carboxylic acids is 1. The predicted octanol–water partition coefficient (Wildman–Crippen LogP) is 4.49. The van der Waals surface area contributed by atoms with E-state index in [1.165, 1.54) is 16.5 Å². The van der Waals surface area contributed by atoms with Crippen LogP contribution in [0.5, 0.6) is 0 Å². The molecule has 0 bridgehead atoms. The van der Waals surface area contributed by atoms with Crippen molar-refractivity contribution in [1.29, 1.82) is 0 Å². The number of fused-ring (bicyclic) bond motifs is 1. The molecule has 34 heavy (non-hydrogen) atoms. The van der Waals surface area contributed by atoms with E-state index in [0.29, 0.717) is 18.4 Å². The van der Waals surface area contributed by atoms with Crippen LogP contribution in [0.3, 0.4) is 0 Å². The van der Waals surface area contributed by atoms with Gasteiger partial charge in [0.1, 0.15) is 0 Å². The molecule has 182 valence electrons. The van der Waals surface area contributed by atoms with Crippen LogP contribution in [0, 0.1) is 0 Å². The molecule has 1 saturated heterocycles. The molecule has 0 spiro atoms. The fourth-order valence-corrected chi connectivity index (χ4v) is 5.24. The highest BCUT2D eigenvalue weighted by Gasteiger charge is 2.24. The van der Waals surface area contributed by atoms with Crippen LogP contribution < -0.4 is 5.56 Å². The molecule has 1 aliphatic heterocycles. The minimum absolute atomic E-state index is 0.0781. The third-order valence-corrected chi connectivity index (χ3v) is 7.28. The van der Waals surface area contributed by atoms with E-state index >= 15 is 0 Å². The summed E-state index contributed by atoms with van der Waals surface area (Å²) in [5.74, 6) is 1.03. The predicted molar refractivity (Wildman–Crippen MR) is 140 cm³/mol. The van der Waals surface area contributed by atoms with Gasteiger partial charge in [-0.25, -0.2) is 0 Å². The van der Waals surface area contributed by atoms with Crippen LogP contribution in [0.4, 0.5) is 0 Å². The number of rotatable bonds is 6. The Hall–Kier alpha value is -2.86. The molecule has 4 rings (SSSR count). The number of hydrogen-bond donors (Lipinski definition) is 1. The van der Waals surface area contributed by atoms with Crippen LogP contribution in [0.15, 0.2) is 35.3 Å². The Morgan fingerprint density at radius 1 is 1.18 bits per heavy atom. The Bertz CT molecular complexity index is 1240. The first kappa shape index (κ1) is 24.3. The molecule has 2 aromatic heterocycles. The molecule has 6 heteroatoms. The van der Waals surface area contributed by atoms with Crippen molar-refractivity contribution in [3.63, 3.8) is 0 Å². The molecule has 1 aromatic carbocycles. The highest BCUT2D eigenvalue weighted by molar-refractivity contribution is 5.92. The van der Waals surface area contributed by atoms with E-state index in [-0.39, 0.29) is 11.5 Å². The number of amides is 1. The largest absolute Gasteiger partial charge is 0.354 e. The van der Waals surface area contributed by atoms with Crippen LogP contribution >= 0.6 is 0 Å². The topological polar surface area (TPSA) is 61.3 Å². The first-order valence-electron chi connectivity index (χ1n) is 12.5. The third-order valence-electron chi connectivity index (χ3n) is 7.28. The lowest BCUT2D eigenvalue weighted by atomic mass is 9.87. The fourth-order valence-electron chi connectivity index (χ4n) is 5.24. The highest BCUT2D eigenvalue weighted by Crippen LogP contribution is 2.38. The Labute approximate surface area is 202 Å². The average Bonchev–Trinajstić information content (AvgIpc) is 3.20. The van der Waals surface area contributed by atoms with Gasteiger partial charge in [-0.3, -0.25) is 14.5 Å². The van der Waals surface area contributed by atoms with Gasteiger partial charge in [-0.05, 0) is 73.5 Å². The number of aromatic amines is 1. The van der Waals surface area contributed by atoms with Gasteiger partial charge in [0.05, 0.1) is 12.2 Å². The normalized spacial score (nSPS) is 15.4. The maximum Gasteiger partial charge on any atom is 0.253 e. The van der Waals surface area contributed by atoms with Crippen molar-refractivity contribution in [3.05, 3.63) is 57.5 Å². The van der Waals surface area contributed by atoms with Crippen LogP contribution in [-0.4, -0.2) is 59.0 Å². The van der Waals surface area contributed by atoms with E-state index in [0.717, 1.165) is 54.7 Å². The second-order valence-electron chi connectivity index (χ2n) is 10.2. The molecular weight excluding hydrogens is 424 g/mol. The zero-order valence-electron chi connectivity index (χ0n) is 21.4. The average molecular weight is 463 g/mol. The molecule has 1 fully saturated rings. The van der Waals surface area contributed by atoms with E-state index in [1.54, 1.807) is 9.47 Å². The Kier molecular flexibility index (Phi) is 6.99. The van der Waals surface area contributed by atoms with Crippen LogP contribution in [-0.2, 0) is 18.3 Å². The maximum atomic E-state index is 12.4. The highest BCUT2D eigenvalue weighted by atomic mass is 16.2. The number of H-pyrrole nitrogens is 1. The Morgan fingerprint density at radius 3 is 2.50 bits per heavy atom. The molecule has 3 aromatic rings. The van der Waals surface area contributed by atoms with Crippen molar-refractivity contribution in [1.82, 2.24) is 19.4 Å². The maximum absolute atomic E-state index is 12.4. The summed E-state index contributed by atoms with van der Waals surface area (Å²) in [5, 5.41) is 1.28. The fraction of sp³-hybridized carbons (Fsp3) is 0.500. The summed E-state index contributed by atoms with van der Waals surface area (Å²) >= 11 is 0. The first-order valence-corrected chi connectivity index (χ1v) is 12.5. The number of nitrogens with one attached hydrogen (secondary N) is 1. The number of pyridine rings is 1. The summed E-state index contributed by atoms with van der Waals surface area (Å²) in [7, 11) is 5.47. The summed E-state index contributed by atoms with van der Waals surface area (Å²) < 4.78 is 1.70. The molecule has 1 amide bonds. The second-order valence-corrected chi connectivity index (χ2v) is 10.2. The molecular formula is C28H38N4O2. The van der Waals surface area contributed by atoms with E-state index < -0.39 is 0 Å². The molecule has 1 N–H and O–H groups in total. The van der Waals surface area contributed by atoms with Crippen molar-refractivity contribution in [2.75, 3.05) is 33.7 Å². The molecule has 6 nitrogen and oxygen atoms in total. The smallest absolute Gasteiger partial charge is 0.253 e. The molecule has 0 radical (unpaired) electrons. The number of hydrogen-bond acceptors (Lipinski definition) is 3. The second kappa shape index (κ2) is 9.79. The van der Waals surface area contributed by atoms with E-state index in [1.807, 2.05) is 40.3 Å². The van der Waals surface area contributed by atoms with Gasteiger partial charge in [-0.1, -0.05) is 26.8 Å². The number of carbonyl (C=O) groups is 1. The van der Waals surface area contributed by atoms with Crippen molar-refractivity contribution in [2.45, 2.75) is 51.9 Å². The molecule has 1 aliphatic rings. The number of likely N-dealkylation sites (tertiary alicyclic amines) is 1. The van der Waals surface area contributed by atoms with E-state index in [9.17, 15) is 9.59 Å².